The Kier molecular flexibility index (Phi) is 4.08. The maximum atomic E-state index is 11.1. The first-order chi connectivity index (χ1) is 7.19. The second kappa shape index (κ2) is 5.33. The number of hydrazine groups is 1. The van der Waals surface area contributed by atoms with Gasteiger partial charge in [0.25, 0.3) is 5.91 Å². The van der Waals surface area contributed by atoms with E-state index in [1.165, 1.54) is 0 Å². The van der Waals surface area contributed by atoms with Crippen LogP contribution in [0.15, 0.2) is 24.3 Å². The first-order valence-electron chi connectivity index (χ1n) is 4.67. The second-order valence-electron chi connectivity index (χ2n) is 2.99. The number of amides is 1. The van der Waals surface area contributed by atoms with Gasteiger partial charge in [0.1, 0.15) is 11.8 Å². The summed E-state index contributed by atoms with van der Waals surface area (Å²) in [4.78, 5) is 11.1. The molecule has 1 rings (SSSR count). The van der Waals surface area contributed by atoms with E-state index in [1.54, 1.807) is 24.3 Å². The zero-order chi connectivity index (χ0) is 11.3. The minimum Gasteiger partial charge on any atom is -0.494 e. The molecule has 0 aliphatic rings. The summed E-state index contributed by atoms with van der Waals surface area (Å²) in [5.74, 6) is 5.32. The van der Waals surface area contributed by atoms with E-state index in [-0.39, 0.29) is 0 Å². The van der Waals surface area contributed by atoms with E-state index in [1.807, 2.05) is 12.3 Å². The number of carbonyl (C=O) groups is 1. The lowest BCUT2D eigenvalue weighted by Gasteiger charge is -2.10. The van der Waals surface area contributed by atoms with Crippen molar-refractivity contribution in [1.29, 1.82) is 0 Å². The quantitative estimate of drug-likeness (QED) is 0.372. The Morgan fingerprint density at radius 2 is 2.07 bits per heavy atom. The zero-order valence-corrected chi connectivity index (χ0v) is 8.57. The number of rotatable bonds is 4. The van der Waals surface area contributed by atoms with Crippen LogP contribution in [0.5, 0.6) is 5.75 Å². The van der Waals surface area contributed by atoms with Gasteiger partial charge >= 0.3 is 0 Å². The minimum atomic E-state index is -0.745. The fourth-order valence-corrected chi connectivity index (χ4v) is 1.18. The molecule has 0 heterocycles. The van der Waals surface area contributed by atoms with Crippen LogP contribution in [0.1, 0.15) is 18.5 Å². The molecule has 1 aromatic rings. The van der Waals surface area contributed by atoms with Crippen LogP contribution in [0, 0.1) is 0 Å². The minimum absolute atomic E-state index is 0.417. The molecule has 0 aromatic heterocycles. The summed E-state index contributed by atoms with van der Waals surface area (Å²) < 4.78 is 5.26. The summed E-state index contributed by atoms with van der Waals surface area (Å²) in [6.45, 7) is 2.51. The lowest BCUT2D eigenvalue weighted by molar-refractivity contribution is -0.122. The molecular formula is C10H15N3O2. The highest BCUT2D eigenvalue weighted by Gasteiger charge is 2.13. The molecule has 0 saturated carbocycles. The van der Waals surface area contributed by atoms with E-state index in [0.29, 0.717) is 12.2 Å². The van der Waals surface area contributed by atoms with E-state index in [2.05, 4.69) is 0 Å². The molecule has 0 saturated heterocycles. The standard InChI is InChI=1S/C10H15N3O2/c1-2-15-8-5-3-7(4-6-8)9(11)10(14)13-12/h3-6,9H,2,11-12H2,1H3,(H,13,14). The highest BCUT2D eigenvalue weighted by atomic mass is 16.5. The van der Waals surface area contributed by atoms with Crippen LogP contribution < -0.4 is 21.7 Å². The molecule has 0 fully saturated rings. The van der Waals surface area contributed by atoms with Gasteiger partial charge in [-0.25, -0.2) is 5.84 Å². The van der Waals surface area contributed by atoms with Crippen molar-refractivity contribution in [2.75, 3.05) is 6.61 Å². The van der Waals surface area contributed by atoms with Gasteiger partial charge < -0.3 is 10.5 Å². The SMILES string of the molecule is CCOc1ccc(C(N)C(=O)NN)cc1. The summed E-state index contributed by atoms with van der Waals surface area (Å²) >= 11 is 0. The maximum absolute atomic E-state index is 11.1. The van der Waals surface area contributed by atoms with Crippen molar-refractivity contribution in [1.82, 2.24) is 5.43 Å². The molecule has 15 heavy (non-hydrogen) atoms. The highest BCUT2D eigenvalue weighted by Crippen LogP contribution is 2.16. The average Bonchev–Trinajstić information content (AvgIpc) is 2.28. The molecule has 5 heteroatoms. The summed E-state index contributed by atoms with van der Waals surface area (Å²) in [7, 11) is 0. The second-order valence-corrected chi connectivity index (χ2v) is 2.99. The summed E-state index contributed by atoms with van der Waals surface area (Å²) in [5, 5.41) is 0. The molecule has 1 amide bonds. The molecule has 0 spiro atoms. The van der Waals surface area contributed by atoms with Crippen molar-refractivity contribution in [3.05, 3.63) is 29.8 Å². The summed E-state index contributed by atoms with van der Waals surface area (Å²) in [5.41, 5.74) is 8.34. The van der Waals surface area contributed by atoms with Gasteiger partial charge in [-0.3, -0.25) is 10.2 Å². The normalized spacial score (nSPS) is 11.9. The van der Waals surface area contributed by atoms with Gasteiger partial charge in [-0.2, -0.15) is 0 Å². The molecule has 82 valence electrons. The first kappa shape index (κ1) is 11.5. The number of benzene rings is 1. The van der Waals surface area contributed by atoms with Crippen molar-refractivity contribution in [2.24, 2.45) is 11.6 Å². The molecular weight excluding hydrogens is 194 g/mol. The van der Waals surface area contributed by atoms with Crippen molar-refractivity contribution >= 4 is 5.91 Å². The zero-order valence-electron chi connectivity index (χ0n) is 8.57. The van der Waals surface area contributed by atoms with Crippen LogP contribution in [0.25, 0.3) is 0 Å². The van der Waals surface area contributed by atoms with E-state index in [0.717, 1.165) is 5.75 Å². The third-order valence-corrected chi connectivity index (χ3v) is 1.97. The maximum Gasteiger partial charge on any atom is 0.255 e. The Morgan fingerprint density at radius 3 is 2.53 bits per heavy atom. The molecule has 1 unspecified atom stereocenters. The highest BCUT2D eigenvalue weighted by molar-refractivity contribution is 5.82. The van der Waals surface area contributed by atoms with Crippen LogP contribution in [0.3, 0.4) is 0 Å². The van der Waals surface area contributed by atoms with Gasteiger partial charge in [-0.15, -0.1) is 0 Å². The molecule has 5 nitrogen and oxygen atoms in total. The van der Waals surface area contributed by atoms with Gasteiger partial charge in [0, 0.05) is 0 Å². The molecule has 0 radical (unpaired) electrons. The molecule has 5 N–H and O–H groups in total. The Balaban J connectivity index is 2.75. The molecule has 1 aromatic carbocycles. The predicted octanol–water partition coefficient (Wildman–Crippen LogP) is 0.0750. The van der Waals surface area contributed by atoms with Gasteiger partial charge in [0.2, 0.25) is 0 Å². The van der Waals surface area contributed by atoms with Crippen LogP contribution >= 0.6 is 0 Å². The third kappa shape index (κ3) is 2.93. The molecule has 1 atom stereocenters. The van der Waals surface area contributed by atoms with Gasteiger partial charge in [-0.1, -0.05) is 12.1 Å². The molecule has 0 aliphatic heterocycles. The Labute approximate surface area is 88.4 Å². The lowest BCUT2D eigenvalue weighted by Crippen LogP contribution is -2.38. The van der Waals surface area contributed by atoms with Gasteiger partial charge in [-0.05, 0) is 24.6 Å². The summed E-state index contributed by atoms with van der Waals surface area (Å²) in [6, 6.07) is 6.27. The van der Waals surface area contributed by atoms with Crippen LogP contribution in [-0.4, -0.2) is 12.5 Å². The van der Waals surface area contributed by atoms with Crippen molar-refractivity contribution in [3.8, 4) is 5.75 Å². The monoisotopic (exact) mass is 209 g/mol. The van der Waals surface area contributed by atoms with Crippen molar-refractivity contribution < 1.29 is 9.53 Å². The van der Waals surface area contributed by atoms with Gasteiger partial charge in [0.15, 0.2) is 0 Å². The predicted molar refractivity (Wildman–Crippen MR) is 56.9 cm³/mol. The summed E-state index contributed by atoms with van der Waals surface area (Å²) in [6.07, 6.45) is 0. The molecule has 0 aliphatic carbocycles. The van der Waals surface area contributed by atoms with Crippen molar-refractivity contribution in [3.63, 3.8) is 0 Å². The fourth-order valence-electron chi connectivity index (χ4n) is 1.18. The first-order valence-corrected chi connectivity index (χ1v) is 4.67. The third-order valence-electron chi connectivity index (χ3n) is 1.97. The molecule has 0 bridgehead atoms. The Hall–Kier alpha value is -1.59. The van der Waals surface area contributed by atoms with Crippen LogP contribution in [-0.2, 0) is 4.79 Å². The van der Waals surface area contributed by atoms with Crippen molar-refractivity contribution in [2.45, 2.75) is 13.0 Å². The number of hydrogen-bond donors (Lipinski definition) is 3. The topological polar surface area (TPSA) is 90.4 Å². The smallest absolute Gasteiger partial charge is 0.255 e. The largest absolute Gasteiger partial charge is 0.494 e. The number of nitrogens with two attached hydrogens (primary N) is 2. The van der Waals surface area contributed by atoms with E-state index < -0.39 is 11.9 Å². The van der Waals surface area contributed by atoms with E-state index in [9.17, 15) is 4.79 Å². The number of nitrogens with one attached hydrogen (secondary N) is 1. The number of ether oxygens (including phenoxy) is 1. The fraction of sp³-hybridized carbons (Fsp3) is 0.300. The Morgan fingerprint density at radius 1 is 1.47 bits per heavy atom. The van der Waals surface area contributed by atoms with Gasteiger partial charge in [0.05, 0.1) is 6.61 Å². The van der Waals surface area contributed by atoms with Crippen LogP contribution in [0.4, 0.5) is 0 Å². The Bertz CT molecular complexity index is 324. The lowest BCUT2D eigenvalue weighted by atomic mass is 10.1. The van der Waals surface area contributed by atoms with E-state index in [4.69, 9.17) is 16.3 Å². The van der Waals surface area contributed by atoms with Crippen LogP contribution in [0.2, 0.25) is 0 Å². The van der Waals surface area contributed by atoms with E-state index >= 15 is 0 Å². The average molecular weight is 209 g/mol. The number of carbonyl (C=O) groups excluding carboxylic acids is 1. The number of hydrogen-bond acceptors (Lipinski definition) is 4.